The van der Waals surface area contributed by atoms with E-state index in [1.54, 1.807) is 0 Å². The second-order valence-electron chi connectivity index (χ2n) is 5.74. The maximum atomic E-state index is 12.5. The van der Waals surface area contributed by atoms with Gasteiger partial charge in [0.1, 0.15) is 0 Å². The van der Waals surface area contributed by atoms with Crippen molar-refractivity contribution in [1.29, 1.82) is 0 Å². The summed E-state index contributed by atoms with van der Waals surface area (Å²) in [6.45, 7) is 2.56. The average molecular weight is 372 g/mol. The third-order valence-corrected chi connectivity index (χ3v) is 5.46. The molecule has 0 spiro atoms. The van der Waals surface area contributed by atoms with E-state index in [0.717, 1.165) is 12.8 Å². The molecule has 1 aliphatic heterocycles. The van der Waals surface area contributed by atoms with Crippen LogP contribution in [0.25, 0.3) is 0 Å². The molecule has 1 fully saturated rings. The van der Waals surface area contributed by atoms with Crippen LogP contribution >= 0.6 is 0 Å². The van der Waals surface area contributed by atoms with Crippen LogP contribution in [0.1, 0.15) is 19.8 Å². The third kappa shape index (κ3) is 5.07. The second kappa shape index (κ2) is 8.50. The van der Waals surface area contributed by atoms with E-state index in [1.807, 2.05) is 0 Å². The molecule has 2 N–H and O–H groups in total. The fraction of sp³-hybridized carbons (Fsp3) is 0.562. The zero-order valence-electron chi connectivity index (χ0n) is 14.6. The molecule has 2 atom stereocenters. The first-order valence-electron chi connectivity index (χ1n) is 8.01. The lowest BCUT2D eigenvalue weighted by Gasteiger charge is -2.17. The van der Waals surface area contributed by atoms with Crippen LogP contribution in [0, 0.1) is 0 Å². The largest absolute Gasteiger partial charge is 0.493 e. The summed E-state index contributed by atoms with van der Waals surface area (Å²) in [4.78, 5) is 12.1. The van der Waals surface area contributed by atoms with Gasteiger partial charge in [-0.1, -0.05) is 0 Å². The van der Waals surface area contributed by atoms with Crippen LogP contribution < -0.4 is 19.5 Å². The topological polar surface area (TPSA) is 103 Å². The summed E-state index contributed by atoms with van der Waals surface area (Å²) < 4.78 is 42.9. The molecule has 8 nitrogen and oxygen atoms in total. The van der Waals surface area contributed by atoms with Gasteiger partial charge in [-0.05, 0) is 31.9 Å². The SMILES string of the molecule is COc1ccc(S(=O)(=O)N[C@H](C)C(=O)NC[C@H]2CCCO2)cc1OC. The van der Waals surface area contributed by atoms with Crippen molar-refractivity contribution in [3.05, 3.63) is 18.2 Å². The van der Waals surface area contributed by atoms with Crippen molar-refractivity contribution < 1.29 is 27.4 Å². The molecular weight excluding hydrogens is 348 g/mol. The Labute approximate surface area is 147 Å². The lowest BCUT2D eigenvalue weighted by molar-refractivity contribution is -0.122. The Kier molecular flexibility index (Phi) is 6.63. The van der Waals surface area contributed by atoms with Gasteiger partial charge in [0, 0.05) is 19.2 Å². The molecule has 1 aromatic rings. The van der Waals surface area contributed by atoms with Gasteiger partial charge in [0.15, 0.2) is 11.5 Å². The fourth-order valence-corrected chi connectivity index (χ4v) is 3.73. The molecule has 1 aromatic carbocycles. The van der Waals surface area contributed by atoms with Crippen molar-refractivity contribution >= 4 is 15.9 Å². The monoisotopic (exact) mass is 372 g/mol. The molecule has 0 aromatic heterocycles. The van der Waals surface area contributed by atoms with Gasteiger partial charge in [0.05, 0.1) is 31.3 Å². The minimum absolute atomic E-state index is 0.00129. The van der Waals surface area contributed by atoms with Gasteiger partial charge in [0.25, 0.3) is 0 Å². The molecule has 0 radical (unpaired) electrons. The number of carbonyl (C=O) groups is 1. The van der Waals surface area contributed by atoms with E-state index in [0.29, 0.717) is 24.7 Å². The molecule has 0 unspecified atom stereocenters. The van der Waals surface area contributed by atoms with E-state index in [-0.39, 0.29) is 11.0 Å². The molecule has 9 heteroatoms. The van der Waals surface area contributed by atoms with Crippen molar-refractivity contribution in [2.45, 2.75) is 36.8 Å². The van der Waals surface area contributed by atoms with Gasteiger partial charge in [-0.15, -0.1) is 0 Å². The highest BCUT2D eigenvalue weighted by molar-refractivity contribution is 7.89. The Balaban J connectivity index is 2.00. The number of benzene rings is 1. The predicted molar refractivity (Wildman–Crippen MR) is 91.3 cm³/mol. The Morgan fingerprint density at radius 3 is 2.64 bits per heavy atom. The quantitative estimate of drug-likeness (QED) is 0.695. The highest BCUT2D eigenvalue weighted by Gasteiger charge is 2.24. The van der Waals surface area contributed by atoms with Crippen molar-refractivity contribution in [3.8, 4) is 11.5 Å². The smallest absolute Gasteiger partial charge is 0.241 e. The van der Waals surface area contributed by atoms with Crippen LogP contribution in [0.2, 0.25) is 0 Å². The molecule has 1 aliphatic rings. The van der Waals surface area contributed by atoms with Gasteiger partial charge in [-0.2, -0.15) is 4.72 Å². The van der Waals surface area contributed by atoms with E-state index >= 15 is 0 Å². The first-order valence-corrected chi connectivity index (χ1v) is 9.49. The number of methoxy groups -OCH3 is 2. The zero-order valence-corrected chi connectivity index (χ0v) is 15.4. The summed E-state index contributed by atoms with van der Waals surface area (Å²) in [5.41, 5.74) is 0. The maximum absolute atomic E-state index is 12.5. The van der Waals surface area contributed by atoms with Crippen LogP contribution in [-0.2, 0) is 19.6 Å². The Bertz CT molecular complexity index is 701. The van der Waals surface area contributed by atoms with Gasteiger partial charge in [0.2, 0.25) is 15.9 Å². The van der Waals surface area contributed by atoms with Gasteiger partial charge >= 0.3 is 0 Å². The van der Waals surface area contributed by atoms with Gasteiger partial charge in [-0.25, -0.2) is 8.42 Å². The number of nitrogens with one attached hydrogen (secondary N) is 2. The average Bonchev–Trinajstić information content (AvgIpc) is 3.12. The van der Waals surface area contributed by atoms with Gasteiger partial charge < -0.3 is 19.5 Å². The van der Waals surface area contributed by atoms with Gasteiger partial charge in [-0.3, -0.25) is 4.79 Å². The van der Waals surface area contributed by atoms with Crippen molar-refractivity contribution in [1.82, 2.24) is 10.0 Å². The van der Waals surface area contributed by atoms with Crippen LogP contribution in [-0.4, -0.2) is 53.8 Å². The minimum atomic E-state index is -3.88. The third-order valence-electron chi connectivity index (χ3n) is 3.92. The van der Waals surface area contributed by atoms with E-state index in [1.165, 1.54) is 39.3 Å². The number of sulfonamides is 1. The van der Waals surface area contributed by atoms with E-state index in [2.05, 4.69) is 10.0 Å². The number of carbonyl (C=O) groups excluding carboxylic acids is 1. The molecular formula is C16H24N2O6S. The number of amides is 1. The molecule has 0 aliphatic carbocycles. The molecule has 1 saturated heterocycles. The van der Waals surface area contributed by atoms with E-state index in [9.17, 15) is 13.2 Å². The molecule has 0 saturated carbocycles. The lowest BCUT2D eigenvalue weighted by atomic mass is 10.2. The van der Waals surface area contributed by atoms with E-state index in [4.69, 9.17) is 14.2 Å². The first-order chi connectivity index (χ1) is 11.9. The van der Waals surface area contributed by atoms with Crippen LogP contribution in [0.4, 0.5) is 0 Å². The standard InChI is InChI=1S/C16H24N2O6S/c1-11(16(19)17-10-12-5-4-8-24-12)18-25(20,21)13-6-7-14(22-2)15(9-13)23-3/h6-7,9,11-12,18H,4-5,8,10H2,1-3H3,(H,17,19)/t11-,12-/m1/s1. The zero-order chi connectivity index (χ0) is 18.4. The highest BCUT2D eigenvalue weighted by Crippen LogP contribution is 2.29. The molecule has 2 rings (SSSR count). The Hall–Kier alpha value is -1.84. The van der Waals surface area contributed by atoms with Crippen LogP contribution in [0.5, 0.6) is 11.5 Å². The lowest BCUT2D eigenvalue weighted by Crippen LogP contribution is -2.46. The number of hydrogen-bond donors (Lipinski definition) is 2. The molecule has 1 heterocycles. The summed E-state index contributed by atoms with van der Waals surface area (Å²) in [5.74, 6) is 0.309. The maximum Gasteiger partial charge on any atom is 0.241 e. The first kappa shape index (κ1) is 19.5. The highest BCUT2D eigenvalue weighted by atomic mass is 32.2. The Morgan fingerprint density at radius 2 is 2.04 bits per heavy atom. The number of ether oxygens (including phenoxy) is 3. The number of rotatable bonds is 8. The molecule has 0 bridgehead atoms. The minimum Gasteiger partial charge on any atom is -0.493 e. The van der Waals surface area contributed by atoms with Crippen molar-refractivity contribution in [2.75, 3.05) is 27.4 Å². The molecule has 25 heavy (non-hydrogen) atoms. The van der Waals surface area contributed by atoms with Crippen LogP contribution in [0.3, 0.4) is 0 Å². The summed E-state index contributed by atoms with van der Waals surface area (Å²) in [6, 6.07) is 3.31. The fourth-order valence-electron chi connectivity index (χ4n) is 2.51. The molecule has 140 valence electrons. The van der Waals surface area contributed by atoms with E-state index < -0.39 is 22.0 Å². The van der Waals surface area contributed by atoms with Crippen LogP contribution in [0.15, 0.2) is 23.1 Å². The second-order valence-corrected chi connectivity index (χ2v) is 7.45. The summed E-state index contributed by atoms with van der Waals surface area (Å²) in [5, 5.41) is 2.70. The summed E-state index contributed by atoms with van der Waals surface area (Å²) in [7, 11) is -0.995. The predicted octanol–water partition coefficient (Wildman–Crippen LogP) is 0.666. The number of hydrogen-bond acceptors (Lipinski definition) is 6. The van der Waals surface area contributed by atoms with Crippen molar-refractivity contribution in [2.24, 2.45) is 0 Å². The normalized spacial score (nSPS) is 18.6. The Morgan fingerprint density at radius 1 is 1.32 bits per heavy atom. The summed E-state index contributed by atoms with van der Waals surface area (Å²) in [6.07, 6.45) is 1.87. The summed E-state index contributed by atoms with van der Waals surface area (Å²) >= 11 is 0. The molecule has 1 amide bonds. The van der Waals surface area contributed by atoms with Crippen molar-refractivity contribution in [3.63, 3.8) is 0 Å².